The Morgan fingerprint density at radius 1 is 0.638 bits per heavy atom. The molecular weight excluding hydrogens is 752 g/mol. The Balaban J connectivity index is 1.14. The normalized spacial score (nSPS) is 18.0. The van der Waals surface area contributed by atoms with Crippen molar-refractivity contribution in [3.05, 3.63) is 201 Å². The molecule has 0 aliphatic carbocycles. The van der Waals surface area contributed by atoms with Gasteiger partial charge in [0.25, 0.3) is 5.91 Å². The second-order valence-electron chi connectivity index (χ2n) is 14.4. The van der Waals surface area contributed by atoms with Crippen molar-refractivity contribution >= 4 is 5.91 Å². The van der Waals surface area contributed by atoms with Crippen molar-refractivity contribution in [1.29, 1.82) is 0 Å². The number of benzene rings is 6. The van der Waals surface area contributed by atoms with Gasteiger partial charge in [0.1, 0.15) is 5.56 Å². The summed E-state index contributed by atoms with van der Waals surface area (Å²) in [6.45, 7) is 3.82. The van der Waals surface area contributed by atoms with E-state index in [4.69, 9.17) is 9.47 Å². The van der Waals surface area contributed by atoms with Gasteiger partial charge in [0.15, 0.2) is 29.6 Å². The SMILES string of the molecule is CC1C(CN(Cc2ccccc2)Cc2ccccc2)OC(c2ccc(-c3ccccc3CNC(=O)c3c(F)c(F)c(F)c(F)c3F)cc2)OC1c1ccc(CO)cc1. The van der Waals surface area contributed by atoms with Gasteiger partial charge < -0.3 is 19.9 Å². The zero-order valence-corrected chi connectivity index (χ0v) is 31.6. The molecule has 6 aromatic rings. The molecular formula is C47H41F5N2O4. The minimum atomic E-state index is -2.34. The van der Waals surface area contributed by atoms with E-state index in [2.05, 4.69) is 41.4 Å². The van der Waals surface area contributed by atoms with Gasteiger partial charge in [-0.3, -0.25) is 9.69 Å². The minimum Gasteiger partial charge on any atom is -0.392 e. The van der Waals surface area contributed by atoms with Gasteiger partial charge in [-0.05, 0) is 38.9 Å². The lowest BCUT2D eigenvalue weighted by Gasteiger charge is -2.43. The van der Waals surface area contributed by atoms with Crippen molar-refractivity contribution in [3.8, 4) is 11.1 Å². The molecule has 1 saturated heterocycles. The topological polar surface area (TPSA) is 71.0 Å². The molecule has 298 valence electrons. The lowest BCUT2D eigenvalue weighted by molar-refractivity contribution is -0.276. The first kappa shape index (κ1) is 40.5. The molecule has 1 heterocycles. The Morgan fingerprint density at radius 3 is 1.76 bits per heavy atom. The van der Waals surface area contributed by atoms with Gasteiger partial charge in [0, 0.05) is 37.7 Å². The second kappa shape index (κ2) is 18.3. The number of nitrogens with zero attached hydrogens (tertiary/aromatic N) is 1. The number of carbonyl (C=O) groups excluding carboxylic acids is 1. The van der Waals surface area contributed by atoms with E-state index >= 15 is 0 Å². The van der Waals surface area contributed by atoms with Gasteiger partial charge in [-0.2, -0.15) is 0 Å². The van der Waals surface area contributed by atoms with Crippen LogP contribution in [0.3, 0.4) is 0 Å². The van der Waals surface area contributed by atoms with Crippen LogP contribution < -0.4 is 5.32 Å². The number of halogens is 5. The van der Waals surface area contributed by atoms with Crippen LogP contribution in [0.25, 0.3) is 11.1 Å². The number of aliphatic hydroxyl groups excluding tert-OH is 1. The summed E-state index contributed by atoms with van der Waals surface area (Å²) in [7, 11) is 0. The first-order valence-corrected chi connectivity index (χ1v) is 18.9. The third-order valence-electron chi connectivity index (χ3n) is 10.4. The molecule has 2 N–H and O–H groups in total. The van der Waals surface area contributed by atoms with Crippen molar-refractivity contribution in [2.45, 2.75) is 51.7 Å². The maximum absolute atomic E-state index is 14.3. The van der Waals surface area contributed by atoms with Crippen molar-refractivity contribution in [3.63, 3.8) is 0 Å². The molecule has 6 nitrogen and oxygen atoms in total. The van der Waals surface area contributed by atoms with Crippen LogP contribution in [0.1, 0.15) is 63.1 Å². The van der Waals surface area contributed by atoms with Gasteiger partial charge in [0.05, 0.1) is 18.8 Å². The summed E-state index contributed by atoms with van der Waals surface area (Å²) in [6.07, 6.45) is -1.34. The van der Waals surface area contributed by atoms with Crippen molar-refractivity contribution in [1.82, 2.24) is 10.2 Å². The summed E-state index contributed by atoms with van der Waals surface area (Å²) in [5, 5.41) is 12.0. The molecule has 4 unspecified atom stereocenters. The Kier molecular flexibility index (Phi) is 12.7. The molecule has 0 spiro atoms. The number of nitrogens with one attached hydrogen (secondary N) is 1. The van der Waals surface area contributed by atoms with Crippen LogP contribution in [0.4, 0.5) is 22.0 Å². The van der Waals surface area contributed by atoms with Gasteiger partial charge >= 0.3 is 0 Å². The molecule has 0 aromatic heterocycles. The molecule has 58 heavy (non-hydrogen) atoms. The molecule has 4 atom stereocenters. The average Bonchev–Trinajstić information content (AvgIpc) is 3.26. The highest BCUT2D eigenvalue weighted by Crippen LogP contribution is 2.42. The van der Waals surface area contributed by atoms with E-state index in [1.165, 1.54) is 11.1 Å². The molecule has 1 fully saturated rings. The zero-order valence-electron chi connectivity index (χ0n) is 31.6. The minimum absolute atomic E-state index is 0.0588. The van der Waals surface area contributed by atoms with E-state index in [1.54, 1.807) is 24.3 Å². The van der Waals surface area contributed by atoms with Crippen LogP contribution in [0, 0.1) is 35.0 Å². The fraction of sp³-hybridized carbons (Fsp3) is 0.213. The van der Waals surface area contributed by atoms with Crippen LogP contribution in [0.15, 0.2) is 133 Å². The Morgan fingerprint density at radius 2 is 1.17 bits per heavy atom. The number of hydrogen-bond acceptors (Lipinski definition) is 5. The second-order valence-corrected chi connectivity index (χ2v) is 14.4. The van der Waals surface area contributed by atoms with E-state index in [0.29, 0.717) is 30.8 Å². The summed E-state index contributed by atoms with van der Waals surface area (Å²) >= 11 is 0. The molecule has 1 aliphatic heterocycles. The van der Waals surface area contributed by atoms with Crippen molar-refractivity contribution in [2.75, 3.05) is 6.54 Å². The third-order valence-corrected chi connectivity index (χ3v) is 10.4. The maximum atomic E-state index is 14.3. The Labute approximate surface area is 333 Å². The van der Waals surface area contributed by atoms with E-state index in [1.807, 2.05) is 84.9 Å². The molecule has 1 amide bonds. The summed E-state index contributed by atoms with van der Waals surface area (Å²) in [5.74, 6) is -12.6. The van der Waals surface area contributed by atoms with Crippen molar-refractivity contribution < 1.29 is 41.3 Å². The third kappa shape index (κ3) is 9.03. The number of amides is 1. The van der Waals surface area contributed by atoms with Gasteiger partial charge in [-0.15, -0.1) is 0 Å². The standard InChI is InChI=1S/C47H41F5N2O4/c1-29-38(27-54(25-30-10-4-2-5-11-30)26-31-12-6-3-7-13-31)57-47(58-45(29)34-18-16-32(28-55)17-19-34)35-22-20-33(21-23-35)37-15-9-8-14-36(37)24-53-46(56)39-40(48)42(50)44(52)43(51)41(39)49/h2-23,29,38,45,47,55H,24-28H2,1H3,(H,53,56). The number of carbonyl (C=O) groups is 1. The lowest BCUT2D eigenvalue weighted by atomic mass is 9.89. The van der Waals surface area contributed by atoms with Crippen molar-refractivity contribution in [2.24, 2.45) is 5.92 Å². The number of aliphatic hydroxyl groups is 1. The summed E-state index contributed by atoms with van der Waals surface area (Å²) in [5.41, 5.74) is 5.26. The lowest BCUT2D eigenvalue weighted by Crippen LogP contribution is -2.44. The molecule has 0 radical (unpaired) electrons. The van der Waals surface area contributed by atoms with Crippen LogP contribution >= 0.6 is 0 Å². The fourth-order valence-electron chi connectivity index (χ4n) is 7.29. The first-order valence-electron chi connectivity index (χ1n) is 18.9. The molecule has 0 bridgehead atoms. The highest BCUT2D eigenvalue weighted by Gasteiger charge is 2.39. The predicted octanol–water partition coefficient (Wildman–Crippen LogP) is 9.97. The van der Waals surface area contributed by atoms with Crippen LogP contribution in [-0.4, -0.2) is 28.6 Å². The maximum Gasteiger partial charge on any atom is 0.257 e. The molecule has 11 heteroatoms. The van der Waals surface area contributed by atoms with Crippen LogP contribution in [-0.2, 0) is 35.7 Å². The summed E-state index contributed by atoms with van der Waals surface area (Å²) < 4.78 is 83.4. The van der Waals surface area contributed by atoms with Crippen LogP contribution in [0.2, 0.25) is 0 Å². The van der Waals surface area contributed by atoms with E-state index in [9.17, 15) is 31.9 Å². The highest BCUT2D eigenvalue weighted by molar-refractivity contribution is 5.95. The van der Waals surface area contributed by atoms with E-state index < -0.39 is 46.8 Å². The molecule has 1 aliphatic rings. The van der Waals surface area contributed by atoms with Gasteiger partial charge in [0.2, 0.25) is 5.82 Å². The number of ether oxygens (including phenoxy) is 2. The predicted molar refractivity (Wildman–Crippen MR) is 209 cm³/mol. The summed E-state index contributed by atoms with van der Waals surface area (Å²) in [4.78, 5) is 15.1. The van der Waals surface area contributed by atoms with E-state index in [0.717, 1.165) is 22.3 Å². The quantitative estimate of drug-likeness (QED) is 0.0693. The summed E-state index contributed by atoms with van der Waals surface area (Å²) in [6, 6.07) is 42.8. The Hall–Kier alpha value is -5.72. The van der Waals surface area contributed by atoms with E-state index in [-0.39, 0.29) is 31.3 Å². The first-order chi connectivity index (χ1) is 28.1. The number of hydrogen-bond donors (Lipinski definition) is 2. The van der Waals surface area contributed by atoms with Crippen LogP contribution in [0.5, 0.6) is 0 Å². The highest BCUT2D eigenvalue weighted by atomic mass is 19.2. The molecule has 6 aromatic carbocycles. The smallest absolute Gasteiger partial charge is 0.257 e. The molecule has 7 rings (SSSR count). The fourth-order valence-corrected chi connectivity index (χ4v) is 7.29. The monoisotopic (exact) mass is 792 g/mol. The Bertz CT molecular complexity index is 2260. The largest absolute Gasteiger partial charge is 0.392 e. The van der Waals surface area contributed by atoms with Gasteiger partial charge in [-0.1, -0.05) is 140 Å². The average molecular weight is 793 g/mol. The molecule has 0 saturated carbocycles. The van der Waals surface area contributed by atoms with Gasteiger partial charge in [-0.25, -0.2) is 22.0 Å². The zero-order chi connectivity index (χ0) is 40.8. The number of rotatable bonds is 13.